The first-order valence-electron chi connectivity index (χ1n) is 5.15. The predicted octanol–water partition coefficient (Wildman–Crippen LogP) is 0.838. The number of hydrogen-bond donors (Lipinski definition) is 1. The zero-order valence-electron chi connectivity index (χ0n) is 9.98. The Labute approximate surface area is 94.4 Å². The summed E-state index contributed by atoms with van der Waals surface area (Å²) < 4.78 is 9.63. The minimum Gasteiger partial charge on any atom is -0.468 e. The second-order valence-corrected chi connectivity index (χ2v) is 3.86. The summed E-state index contributed by atoms with van der Waals surface area (Å²) in [5, 5.41) is 6.75. The van der Waals surface area contributed by atoms with Crippen LogP contribution in [0.25, 0.3) is 0 Å². The first-order chi connectivity index (χ1) is 7.54. The topological polar surface area (TPSA) is 77.2 Å². The largest absolute Gasteiger partial charge is 0.468 e. The third kappa shape index (κ3) is 3.30. The Morgan fingerprint density at radius 3 is 2.69 bits per heavy atom. The molecule has 0 saturated carbocycles. The number of aromatic nitrogens is 2. The summed E-state index contributed by atoms with van der Waals surface area (Å²) >= 11 is 0. The Balaban J connectivity index is 2.65. The van der Waals surface area contributed by atoms with Crippen molar-refractivity contribution in [1.29, 1.82) is 0 Å². The van der Waals surface area contributed by atoms with Gasteiger partial charge in [0.15, 0.2) is 5.82 Å². The van der Waals surface area contributed by atoms with Crippen molar-refractivity contribution in [1.82, 2.24) is 15.5 Å². The van der Waals surface area contributed by atoms with Crippen molar-refractivity contribution < 1.29 is 14.1 Å². The van der Waals surface area contributed by atoms with Crippen molar-refractivity contribution in [2.24, 2.45) is 5.92 Å². The van der Waals surface area contributed by atoms with Crippen molar-refractivity contribution in [2.75, 3.05) is 13.7 Å². The Bertz CT molecular complexity index is 349. The van der Waals surface area contributed by atoms with E-state index in [0.717, 1.165) is 0 Å². The molecule has 0 amide bonds. The van der Waals surface area contributed by atoms with E-state index < -0.39 is 0 Å². The average Bonchev–Trinajstić information content (AvgIpc) is 2.64. The summed E-state index contributed by atoms with van der Waals surface area (Å²) in [6.07, 6.45) is 0. The fourth-order valence-electron chi connectivity index (χ4n) is 1.31. The lowest BCUT2D eigenvalue weighted by Gasteiger charge is -2.17. The van der Waals surface area contributed by atoms with E-state index in [-0.39, 0.29) is 24.5 Å². The van der Waals surface area contributed by atoms with E-state index >= 15 is 0 Å². The smallest absolute Gasteiger partial charge is 0.319 e. The first kappa shape index (κ1) is 12.6. The van der Waals surface area contributed by atoms with E-state index in [1.54, 1.807) is 6.92 Å². The lowest BCUT2D eigenvalue weighted by Crippen LogP contribution is -2.31. The molecule has 0 aliphatic rings. The second kappa shape index (κ2) is 5.60. The lowest BCUT2D eigenvalue weighted by molar-refractivity contribution is -0.139. The molecule has 0 saturated heterocycles. The summed E-state index contributed by atoms with van der Waals surface area (Å²) in [5.41, 5.74) is 0. The molecule has 0 aromatic carbocycles. The van der Waals surface area contributed by atoms with Crippen LogP contribution in [-0.4, -0.2) is 29.8 Å². The number of nitrogens with one attached hydrogen (secondary N) is 1. The van der Waals surface area contributed by atoms with Gasteiger partial charge in [0.25, 0.3) is 0 Å². The van der Waals surface area contributed by atoms with Gasteiger partial charge in [0.1, 0.15) is 0 Å². The summed E-state index contributed by atoms with van der Waals surface area (Å²) in [6, 6.07) is -0.139. The van der Waals surface area contributed by atoms with Gasteiger partial charge in [-0.15, -0.1) is 0 Å². The molecule has 1 N–H and O–H groups in total. The molecular formula is C10H17N3O3. The Morgan fingerprint density at radius 2 is 2.25 bits per heavy atom. The van der Waals surface area contributed by atoms with Crippen molar-refractivity contribution in [3.05, 3.63) is 11.7 Å². The standard InChI is InChI=1S/C10H17N3O3/c1-6(2)9(11-5-8(14)15-4)10-12-7(3)13-16-10/h6,9,11H,5H2,1-4H3/t9-/m0/s1. The van der Waals surface area contributed by atoms with Gasteiger partial charge in [-0.1, -0.05) is 19.0 Å². The van der Waals surface area contributed by atoms with Gasteiger partial charge >= 0.3 is 5.97 Å². The van der Waals surface area contributed by atoms with Crippen LogP contribution in [0.5, 0.6) is 0 Å². The molecule has 16 heavy (non-hydrogen) atoms. The Morgan fingerprint density at radius 1 is 1.56 bits per heavy atom. The normalized spacial score (nSPS) is 12.8. The zero-order valence-corrected chi connectivity index (χ0v) is 9.98. The summed E-state index contributed by atoms with van der Waals surface area (Å²) in [6.45, 7) is 5.90. The number of methoxy groups -OCH3 is 1. The zero-order chi connectivity index (χ0) is 12.1. The van der Waals surface area contributed by atoms with Gasteiger partial charge in [-0.2, -0.15) is 4.98 Å². The van der Waals surface area contributed by atoms with Crippen molar-refractivity contribution in [2.45, 2.75) is 26.8 Å². The number of esters is 1. The average molecular weight is 227 g/mol. The SMILES string of the molecule is COC(=O)CN[C@H](c1nc(C)no1)C(C)C. The van der Waals surface area contributed by atoms with Crippen molar-refractivity contribution in [3.63, 3.8) is 0 Å². The minimum absolute atomic E-state index is 0.126. The number of nitrogens with zero attached hydrogens (tertiary/aromatic N) is 2. The van der Waals surface area contributed by atoms with Crippen LogP contribution < -0.4 is 5.32 Å². The van der Waals surface area contributed by atoms with Crippen LogP contribution in [0.3, 0.4) is 0 Å². The molecule has 6 heteroatoms. The molecule has 1 atom stereocenters. The summed E-state index contributed by atoms with van der Waals surface area (Å²) in [5.74, 6) is 1.00. The maximum atomic E-state index is 11.0. The van der Waals surface area contributed by atoms with Crippen LogP contribution in [0, 0.1) is 12.8 Å². The number of hydrogen-bond acceptors (Lipinski definition) is 6. The number of carbonyl (C=O) groups is 1. The number of rotatable bonds is 5. The summed E-state index contributed by atoms with van der Waals surface area (Å²) in [4.78, 5) is 15.2. The molecule has 0 bridgehead atoms. The molecule has 0 spiro atoms. The highest BCUT2D eigenvalue weighted by Crippen LogP contribution is 2.19. The molecule has 1 heterocycles. The van der Waals surface area contributed by atoms with Gasteiger partial charge in [-0.3, -0.25) is 10.1 Å². The van der Waals surface area contributed by atoms with Crippen LogP contribution in [-0.2, 0) is 9.53 Å². The van der Waals surface area contributed by atoms with Gasteiger partial charge in [-0.25, -0.2) is 0 Å². The molecule has 90 valence electrons. The molecule has 0 unspecified atom stereocenters. The third-order valence-corrected chi connectivity index (χ3v) is 2.17. The molecule has 1 rings (SSSR count). The van der Waals surface area contributed by atoms with E-state index in [2.05, 4.69) is 20.2 Å². The lowest BCUT2D eigenvalue weighted by atomic mass is 10.0. The maximum absolute atomic E-state index is 11.0. The monoisotopic (exact) mass is 227 g/mol. The summed E-state index contributed by atoms with van der Waals surface area (Å²) in [7, 11) is 1.35. The van der Waals surface area contributed by atoms with Crippen molar-refractivity contribution in [3.8, 4) is 0 Å². The molecule has 0 fully saturated rings. The van der Waals surface area contributed by atoms with Gasteiger partial charge in [-0.05, 0) is 12.8 Å². The number of carbonyl (C=O) groups excluding carboxylic acids is 1. The quantitative estimate of drug-likeness (QED) is 0.751. The fourth-order valence-corrected chi connectivity index (χ4v) is 1.31. The fraction of sp³-hybridized carbons (Fsp3) is 0.700. The van der Waals surface area contributed by atoms with E-state index in [0.29, 0.717) is 11.7 Å². The molecule has 0 radical (unpaired) electrons. The van der Waals surface area contributed by atoms with Gasteiger partial charge in [0.05, 0.1) is 19.7 Å². The molecule has 1 aromatic rings. The molecule has 6 nitrogen and oxygen atoms in total. The highest BCUT2D eigenvalue weighted by atomic mass is 16.5. The third-order valence-electron chi connectivity index (χ3n) is 2.17. The van der Waals surface area contributed by atoms with Gasteiger partial charge < -0.3 is 9.26 Å². The van der Waals surface area contributed by atoms with E-state index in [1.165, 1.54) is 7.11 Å². The first-order valence-corrected chi connectivity index (χ1v) is 5.15. The second-order valence-electron chi connectivity index (χ2n) is 3.86. The maximum Gasteiger partial charge on any atom is 0.319 e. The Kier molecular flexibility index (Phi) is 4.42. The molecule has 0 aliphatic heterocycles. The number of ether oxygens (including phenoxy) is 1. The molecular weight excluding hydrogens is 210 g/mol. The van der Waals surface area contributed by atoms with Gasteiger partial charge in [0, 0.05) is 0 Å². The van der Waals surface area contributed by atoms with E-state index in [4.69, 9.17) is 4.52 Å². The van der Waals surface area contributed by atoms with E-state index in [9.17, 15) is 4.79 Å². The van der Waals surface area contributed by atoms with Crippen LogP contribution in [0.15, 0.2) is 4.52 Å². The van der Waals surface area contributed by atoms with Gasteiger partial charge in [0.2, 0.25) is 5.89 Å². The van der Waals surface area contributed by atoms with Crippen LogP contribution >= 0.6 is 0 Å². The molecule has 1 aromatic heterocycles. The number of aryl methyl sites for hydroxylation is 1. The highest BCUT2D eigenvalue weighted by Gasteiger charge is 2.22. The predicted molar refractivity (Wildman–Crippen MR) is 56.6 cm³/mol. The van der Waals surface area contributed by atoms with E-state index in [1.807, 2.05) is 13.8 Å². The van der Waals surface area contributed by atoms with Crippen LogP contribution in [0.1, 0.15) is 31.6 Å². The molecule has 0 aliphatic carbocycles. The Hall–Kier alpha value is -1.43. The minimum atomic E-state index is -0.318. The highest BCUT2D eigenvalue weighted by molar-refractivity contribution is 5.71. The van der Waals surface area contributed by atoms with Crippen LogP contribution in [0.4, 0.5) is 0 Å². The van der Waals surface area contributed by atoms with Crippen molar-refractivity contribution >= 4 is 5.97 Å². The van der Waals surface area contributed by atoms with Crippen LogP contribution in [0.2, 0.25) is 0 Å².